The van der Waals surface area contributed by atoms with E-state index in [1.165, 1.54) is 4.57 Å². The van der Waals surface area contributed by atoms with Gasteiger partial charge in [-0.1, -0.05) is 36.4 Å². The number of hydrogen-bond acceptors (Lipinski definition) is 8. The summed E-state index contributed by atoms with van der Waals surface area (Å²) in [6, 6.07) is 14.4. The van der Waals surface area contributed by atoms with Crippen molar-refractivity contribution in [2.24, 2.45) is 0 Å². The standard InChI is InChI=1S/C31H37N5O6/c1-21-32-24-10-6-11-25(28(24)30(39)36(21)26-12-13-27(37)33-29(26)38)34(2)16-7-19-41-23-14-17-35(18-15-23)31(40)42-20-22-8-4-3-5-9-22/h3-6,8-11,23,26H,7,12-20H2,1-2H3,(H,33,37,38). The number of aromatic nitrogens is 2. The first-order chi connectivity index (χ1) is 20.3. The zero-order valence-electron chi connectivity index (χ0n) is 24.1. The Kier molecular flexibility index (Phi) is 9.16. The Morgan fingerprint density at radius 2 is 1.81 bits per heavy atom. The molecule has 2 aromatic carbocycles. The maximum atomic E-state index is 13.7. The smallest absolute Gasteiger partial charge is 0.410 e. The lowest BCUT2D eigenvalue weighted by atomic mass is 10.0. The van der Waals surface area contributed by atoms with Crippen molar-refractivity contribution in [1.29, 1.82) is 0 Å². The van der Waals surface area contributed by atoms with Crippen molar-refractivity contribution in [1.82, 2.24) is 19.8 Å². The molecule has 11 nitrogen and oxygen atoms in total. The third kappa shape index (κ3) is 6.62. The van der Waals surface area contributed by atoms with Crippen LogP contribution in [0.5, 0.6) is 0 Å². The molecule has 1 N–H and O–H groups in total. The number of nitrogens with one attached hydrogen (secondary N) is 1. The van der Waals surface area contributed by atoms with Gasteiger partial charge in [0.2, 0.25) is 11.8 Å². The van der Waals surface area contributed by atoms with Crippen LogP contribution in [0.3, 0.4) is 0 Å². The minimum Gasteiger partial charge on any atom is -0.445 e. The first-order valence-electron chi connectivity index (χ1n) is 14.5. The molecule has 0 saturated carbocycles. The van der Waals surface area contributed by atoms with Gasteiger partial charge in [-0.25, -0.2) is 9.78 Å². The third-order valence-electron chi connectivity index (χ3n) is 7.91. The highest BCUT2D eigenvalue weighted by Crippen LogP contribution is 2.25. The van der Waals surface area contributed by atoms with E-state index in [1.54, 1.807) is 17.9 Å². The number of benzene rings is 2. The topological polar surface area (TPSA) is 123 Å². The van der Waals surface area contributed by atoms with E-state index in [0.29, 0.717) is 43.0 Å². The lowest BCUT2D eigenvalue weighted by Crippen LogP contribution is -2.45. The van der Waals surface area contributed by atoms with Gasteiger partial charge in [0.1, 0.15) is 18.5 Å². The summed E-state index contributed by atoms with van der Waals surface area (Å²) in [6.45, 7) is 4.36. The van der Waals surface area contributed by atoms with Gasteiger partial charge in [0.25, 0.3) is 5.56 Å². The molecule has 3 heterocycles. The highest BCUT2D eigenvalue weighted by Gasteiger charge is 2.31. The van der Waals surface area contributed by atoms with Crippen LogP contribution in [0, 0.1) is 6.92 Å². The summed E-state index contributed by atoms with van der Waals surface area (Å²) in [4.78, 5) is 58.6. The zero-order chi connectivity index (χ0) is 29.6. The van der Waals surface area contributed by atoms with Crippen molar-refractivity contribution in [3.05, 3.63) is 70.3 Å². The van der Waals surface area contributed by atoms with E-state index in [-0.39, 0.29) is 43.1 Å². The Morgan fingerprint density at radius 3 is 2.55 bits per heavy atom. The average molecular weight is 576 g/mol. The minimum absolute atomic E-state index is 0.0823. The summed E-state index contributed by atoms with van der Waals surface area (Å²) in [5.41, 5.74) is 1.97. The predicted octanol–water partition coefficient (Wildman–Crippen LogP) is 3.33. The highest BCUT2D eigenvalue weighted by atomic mass is 16.6. The van der Waals surface area contributed by atoms with Gasteiger partial charge in [-0.2, -0.15) is 0 Å². The number of anilines is 1. The van der Waals surface area contributed by atoms with Gasteiger partial charge in [0, 0.05) is 39.7 Å². The predicted molar refractivity (Wildman–Crippen MR) is 157 cm³/mol. The number of nitrogens with zero attached hydrogens (tertiary/aromatic N) is 4. The molecule has 2 saturated heterocycles. The van der Waals surface area contributed by atoms with Crippen LogP contribution in [0.25, 0.3) is 10.9 Å². The second kappa shape index (κ2) is 13.2. The Labute approximate surface area is 244 Å². The van der Waals surface area contributed by atoms with E-state index < -0.39 is 11.9 Å². The first kappa shape index (κ1) is 29.2. The molecule has 2 fully saturated rings. The van der Waals surface area contributed by atoms with Crippen LogP contribution in [-0.2, 0) is 25.7 Å². The number of carbonyl (C=O) groups is 3. The second-order valence-electron chi connectivity index (χ2n) is 10.8. The monoisotopic (exact) mass is 575 g/mol. The van der Waals surface area contributed by atoms with E-state index in [4.69, 9.17) is 9.47 Å². The maximum absolute atomic E-state index is 13.7. The number of ether oxygens (including phenoxy) is 2. The molecule has 1 atom stereocenters. The Balaban J connectivity index is 1.13. The lowest BCUT2D eigenvalue weighted by molar-refractivity contribution is -0.135. The summed E-state index contributed by atoms with van der Waals surface area (Å²) >= 11 is 0. The summed E-state index contributed by atoms with van der Waals surface area (Å²) in [5, 5.41) is 2.78. The van der Waals surface area contributed by atoms with Crippen molar-refractivity contribution in [2.75, 3.05) is 38.2 Å². The first-order valence-corrected chi connectivity index (χ1v) is 14.5. The Hall–Kier alpha value is -4.25. The van der Waals surface area contributed by atoms with E-state index in [0.717, 1.165) is 30.5 Å². The van der Waals surface area contributed by atoms with E-state index in [1.807, 2.05) is 54.4 Å². The number of likely N-dealkylation sites (tertiary alicyclic amines) is 1. The number of hydrogen-bond donors (Lipinski definition) is 1. The molecular formula is C31H37N5O6. The quantitative estimate of drug-likeness (QED) is 0.305. The second-order valence-corrected chi connectivity index (χ2v) is 10.8. The molecular weight excluding hydrogens is 538 g/mol. The van der Waals surface area contributed by atoms with Gasteiger partial charge in [-0.05, 0) is 50.3 Å². The molecule has 222 valence electrons. The van der Waals surface area contributed by atoms with Crippen molar-refractivity contribution >= 4 is 34.5 Å². The lowest BCUT2D eigenvalue weighted by Gasteiger charge is -2.31. The molecule has 1 aromatic heterocycles. The number of amides is 3. The third-order valence-corrected chi connectivity index (χ3v) is 7.91. The fourth-order valence-electron chi connectivity index (χ4n) is 5.64. The molecule has 1 unspecified atom stereocenters. The summed E-state index contributed by atoms with van der Waals surface area (Å²) in [5.74, 6) is -0.369. The maximum Gasteiger partial charge on any atom is 0.410 e. The largest absolute Gasteiger partial charge is 0.445 e. The van der Waals surface area contributed by atoms with Crippen LogP contribution in [-0.4, -0.2) is 71.8 Å². The number of aryl methyl sites for hydroxylation is 1. The zero-order valence-corrected chi connectivity index (χ0v) is 24.1. The van der Waals surface area contributed by atoms with Crippen LogP contribution in [0.15, 0.2) is 53.3 Å². The SMILES string of the molecule is Cc1nc2cccc(N(C)CCCOC3CCN(C(=O)OCc4ccccc4)CC3)c2c(=O)n1C1CCC(=O)NC1=O. The Bertz CT molecular complexity index is 1500. The molecule has 2 aliphatic rings. The van der Waals surface area contributed by atoms with Gasteiger partial charge < -0.3 is 19.3 Å². The van der Waals surface area contributed by atoms with Crippen molar-refractivity contribution in [2.45, 2.75) is 57.8 Å². The average Bonchev–Trinajstić information content (AvgIpc) is 2.99. The van der Waals surface area contributed by atoms with Crippen LogP contribution in [0.2, 0.25) is 0 Å². The van der Waals surface area contributed by atoms with E-state index in [2.05, 4.69) is 10.3 Å². The number of fused-ring (bicyclic) bond motifs is 1. The van der Waals surface area contributed by atoms with Gasteiger partial charge in [0.05, 0.1) is 22.7 Å². The highest BCUT2D eigenvalue weighted by molar-refractivity contribution is 5.99. The number of carbonyl (C=O) groups excluding carboxylic acids is 3. The van der Waals surface area contributed by atoms with E-state index in [9.17, 15) is 19.2 Å². The molecule has 0 bridgehead atoms. The Morgan fingerprint density at radius 1 is 1.05 bits per heavy atom. The molecule has 3 amide bonds. The summed E-state index contributed by atoms with van der Waals surface area (Å²) < 4.78 is 13.0. The number of rotatable bonds is 9. The van der Waals surface area contributed by atoms with Gasteiger partial charge in [0.15, 0.2) is 0 Å². The summed E-state index contributed by atoms with van der Waals surface area (Å²) in [7, 11) is 1.92. The molecule has 42 heavy (non-hydrogen) atoms. The van der Waals surface area contributed by atoms with Crippen LogP contribution >= 0.6 is 0 Å². The molecule has 3 aromatic rings. The van der Waals surface area contributed by atoms with Crippen molar-refractivity contribution in [3.63, 3.8) is 0 Å². The minimum atomic E-state index is -0.768. The van der Waals surface area contributed by atoms with Crippen LogP contribution in [0.1, 0.15) is 49.5 Å². The van der Waals surface area contributed by atoms with Gasteiger partial charge in [-0.15, -0.1) is 0 Å². The molecule has 2 aliphatic heterocycles. The fraction of sp³-hybridized carbons (Fsp3) is 0.452. The molecule has 11 heteroatoms. The van der Waals surface area contributed by atoms with Crippen molar-refractivity contribution < 1.29 is 23.9 Å². The van der Waals surface area contributed by atoms with Gasteiger partial charge >= 0.3 is 6.09 Å². The summed E-state index contributed by atoms with van der Waals surface area (Å²) in [6.07, 6.45) is 2.48. The normalized spacial score (nSPS) is 17.8. The number of piperidine rings is 2. The molecule has 0 spiro atoms. The van der Waals surface area contributed by atoms with Crippen LogP contribution < -0.4 is 15.8 Å². The molecule has 0 radical (unpaired) electrons. The van der Waals surface area contributed by atoms with Gasteiger partial charge in [-0.3, -0.25) is 24.3 Å². The van der Waals surface area contributed by atoms with E-state index >= 15 is 0 Å². The van der Waals surface area contributed by atoms with Crippen LogP contribution in [0.4, 0.5) is 10.5 Å². The fourth-order valence-corrected chi connectivity index (χ4v) is 5.64. The number of imide groups is 1. The molecule has 5 rings (SSSR count). The molecule has 0 aliphatic carbocycles. The van der Waals surface area contributed by atoms with Crippen molar-refractivity contribution in [3.8, 4) is 0 Å².